The van der Waals surface area contributed by atoms with Crippen LogP contribution in [0.15, 0.2) is 67.0 Å². The van der Waals surface area contributed by atoms with Gasteiger partial charge in [-0.05, 0) is 54.1 Å². The van der Waals surface area contributed by atoms with Gasteiger partial charge in [0.15, 0.2) is 0 Å². The standard InChI is InChI=1S/C24H25N3O2/c28-24(29)22-7-2-1-6-21(22)20-10-8-18(9-11-20)16-27-14-3-5-19(17-27)15-23-25-12-4-13-26-23/h1-2,4,6-13,19H,3,5,14-17H2,(H,28,29). The van der Waals surface area contributed by atoms with Crippen molar-refractivity contribution in [1.29, 1.82) is 0 Å². The second-order valence-corrected chi connectivity index (χ2v) is 7.66. The van der Waals surface area contributed by atoms with Crippen molar-refractivity contribution in [2.75, 3.05) is 13.1 Å². The minimum Gasteiger partial charge on any atom is -0.478 e. The molecule has 29 heavy (non-hydrogen) atoms. The van der Waals surface area contributed by atoms with Crippen LogP contribution in [0.2, 0.25) is 0 Å². The second-order valence-electron chi connectivity index (χ2n) is 7.66. The molecule has 5 nitrogen and oxygen atoms in total. The zero-order valence-corrected chi connectivity index (χ0v) is 16.4. The Kier molecular flexibility index (Phi) is 5.96. The Hall–Kier alpha value is -3.05. The number of hydrogen-bond acceptors (Lipinski definition) is 4. The summed E-state index contributed by atoms with van der Waals surface area (Å²) >= 11 is 0. The number of carboxylic acid groups (broad SMARTS) is 1. The van der Waals surface area contributed by atoms with Crippen molar-refractivity contribution < 1.29 is 9.90 Å². The summed E-state index contributed by atoms with van der Waals surface area (Å²) < 4.78 is 0. The highest BCUT2D eigenvalue weighted by Gasteiger charge is 2.21. The Morgan fingerprint density at radius 3 is 2.55 bits per heavy atom. The number of carboxylic acids is 1. The van der Waals surface area contributed by atoms with Gasteiger partial charge in [-0.15, -0.1) is 0 Å². The van der Waals surface area contributed by atoms with Gasteiger partial charge in [-0.1, -0.05) is 42.5 Å². The van der Waals surface area contributed by atoms with E-state index in [1.165, 1.54) is 18.4 Å². The van der Waals surface area contributed by atoms with E-state index >= 15 is 0 Å². The monoisotopic (exact) mass is 387 g/mol. The maximum absolute atomic E-state index is 11.5. The van der Waals surface area contributed by atoms with E-state index < -0.39 is 5.97 Å². The van der Waals surface area contributed by atoms with E-state index in [2.05, 4.69) is 27.0 Å². The molecule has 0 radical (unpaired) electrons. The molecule has 0 bridgehead atoms. The van der Waals surface area contributed by atoms with Gasteiger partial charge in [-0.25, -0.2) is 14.8 Å². The number of benzene rings is 2. The molecule has 148 valence electrons. The van der Waals surface area contributed by atoms with Gasteiger partial charge in [0.2, 0.25) is 0 Å². The van der Waals surface area contributed by atoms with Gasteiger partial charge in [0.25, 0.3) is 0 Å². The molecule has 1 aliphatic heterocycles. The Balaban J connectivity index is 1.40. The summed E-state index contributed by atoms with van der Waals surface area (Å²) in [6.07, 6.45) is 6.98. The van der Waals surface area contributed by atoms with E-state index in [0.717, 1.165) is 43.0 Å². The number of nitrogens with zero attached hydrogens (tertiary/aromatic N) is 3. The molecule has 0 saturated carbocycles. The first kappa shape index (κ1) is 19.3. The molecular formula is C24H25N3O2. The highest BCUT2D eigenvalue weighted by Crippen LogP contribution is 2.25. The largest absolute Gasteiger partial charge is 0.478 e. The third-order valence-electron chi connectivity index (χ3n) is 5.52. The molecule has 5 heteroatoms. The van der Waals surface area contributed by atoms with Crippen LogP contribution in [0.5, 0.6) is 0 Å². The van der Waals surface area contributed by atoms with E-state index in [-0.39, 0.29) is 0 Å². The summed E-state index contributed by atoms with van der Waals surface area (Å²) in [5.41, 5.74) is 3.28. The van der Waals surface area contributed by atoms with Crippen LogP contribution in [0.1, 0.15) is 34.6 Å². The molecule has 1 aromatic heterocycles. The van der Waals surface area contributed by atoms with Gasteiger partial charge >= 0.3 is 5.97 Å². The van der Waals surface area contributed by atoms with E-state index in [9.17, 15) is 9.90 Å². The van der Waals surface area contributed by atoms with Gasteiger partial charge in [-0.2, -0.15) is 0 Å². The molecular weight excluding hydrogens is 362 g/mol. The van der Waals surface area contributed by atoms with Gasteiger partial charge < -0.3 is 5.11 Å². The van der Waals surface area contributed by atoms with Crippen LogP contribution in [0.4, 0.5) is 0 Å². The Morgan fingerprint density at radius 1 is 1.03 bits per heavy atom. The van der Waals surface area contributed by atoms with E-state index in [1.54, 1.807) is 12.1 Å². The van der Waals surface area contributed by atoms with Crippen LogP contribution in [-0.4, -0.2) is 39.0 Å². The first-order valence-electron chi connectivity index (χ1n) is 10.1. The molecule has 0 amide bonds. The number of carbonyl (C=O) groups is 1. The van der Waals surface area contributed by atoms with Crippen molar-refractivity contribution in [2.45, 2.75) is 25.8 Å². The van der Waals surface area contributed by atoms with Crippen molar-refractivity contribution in [3.05, 3.63) is 83.9 Å². The lowest BCUT2D eigenvalue weighted by molar-refractivity contribution is 0.0697. The summed E-state index contributed by atoms with van der Waals surface area (Å²) in [6, 6.07) is 17.3. The molecule has 1 unspecified atom stereocenters. The Bertz CT molecular complexity index is 957. The smallest absolute Gasteiger partial charge is 0.336 e. The second kappa shape index (κ2) is 8.97. The molecule has 1 aliphatic rings. The molecule has 0 spiro atoms. The number of aromatic carboxylic acids is 1. The number of rotatable bonds is 6. The fourth-order valence-electron chi connectivity index (χ4n) is 4.12. The van der Waals surface area contributed by atoms with Crippen molar-refractivity contribution in [3.8, 4) is 11.1 Å². The van der Waals surface area contributed by atoms with E-state index in [1.807, 2.05) is 42.7 Å². The average Bonchev–Trinajstić information content (AvgIpc) is 2.75. The van der Waals surface area contributed by atoms with Gasteiger partial charge in [0, 0.05) is 31.9 Å². The van der Waals surface area contributed by atoms with Crippen molar-refractivity contribution in [1.82, 2.24) is 14.9 Å². The highest BCUT2D eigenvalue weighted by molar-refractivity contribution is 5.95. The number of aromatic nitrogens is 2. The minimum absolute atomic E-state index is 0.335. The molecule has 0 aliphatic carbocycles. The van der Waals surface area contributed by atoms with Crippen LogP contribution in [0.25, 0.3) is 11.1 Å². The SMILES string of the molecule is O=C(O)c1ccccc1-c1ccc(CN2CCCC(Cc3ncccn3)C2)cc1. The van der Waals surface area contributed by atoms with Gasteiger partial charge in [-0.3, -0.25) is 4.90 Å². The third kappa shape index (κ3) is 4.87. The van der Waals surface area contributed by atoms with Crippen molar-refractivity contribution in [3.63, 3.8) is 0 Å². The van der Waals surface area contributed by atoms with Crippen LogP contribution < -0.4 is 0 Å². The van der Waals surface area contributed by atoms with Gasteiger partial charge in [0.1, 0.15) is 5.82 Å². The van der Waals surface area contributed by atoms with E-state index in [4.69, 9.17) is 0 Å². The number of hydrogen-bond donors (Lipinski definition) is 1. The number of likely N-dealkylation sites (tertiary alicyclic amines) is 1. The molecule has 1 N–H and O–H groups in total. The molecule has 1 fully saturated rings. The average molecular weight is 387 g/mol. The van der Waals surface area contributed by atoms with Crippen molar-refractivity contribution >= 4 is 5.97 Å². The first-order chi connectivity index (χ1) is 14.2. The lowest BCUT2D eigenvalue weighted by Crippen LogP contribution is -2.35. The predicted molar refractivity (Wildman–Crippen MR) is 113 cm³/mol. The summed E-state index contributed by atoms with van der Waals surface area (Å²) in [4.78, 5) is 22.7. The predicted octanol–water partition coefficient (Wildman–Crippen LogP) is 4.30. The zero-order chi connectivity index (χ0) is 20.1. The molecule has 2 heterocycles. The molecule has 1 atom stereocenters. The Labute approximate surface area is 171 Å². The maximum Gasteiger partial charge on any atom is 0.336 e. The van der Waals surface area contributed by atoms with Crippen LogP contribution in [0, 0.1) is 5.92 Å². The lowest BCUT2D eigenvalue weighted by atomic mass is 9.94. The van der Waals surface area contributed by atoms with Crippen LogP contribution in [-0.2, 0) is 13.0 Å². The summed E-state index contributed by atoms with van der Waals surface area (Å²) in [6.45, 7) is 3.07. The van der Waals surface area contributed by atoms with Gasteiger partial charge in [0.05, 0.1) is 5.56 Å². The highest BCUT2D eigenvalue weighted by atomic mass is 16.4. The van der Waals surface area contributed by atoms with Crippen molar-refractivity contribution in [2.24, 2.45) is 5.92 Å². The third-order valence-corrected chi connectivity index (χ3v) is 5.52. The molecule has 3 aromatic rings. The normalized spacial score (nSPS) is 17.2. The minimum atomic E-state index is -0.897. The molecule has 4 rings (SSSR count). The Morgan fingerprint density at radius 2 is 1.79 bits per heavy atom. The zero-order valence-electron chi connectivity index (χ0n) is 16.4. The van der Waals surface area contributed by atoms with Crippen LogP contribution in [0.3, 0.4) is 0 Å². The maximum atomic E-state index is 11.5. The summed E-state index contributed by atoms with van der Waals surface area (Å²) in [7, 11) is 0. The molecule has 2 aromatic carbocycles. The first-order valence-corrected chi connectivity index (χ1v) is 10.1. The quantitative estimate of drug-likeness (QED) is 0.683. The topological polar surface area (TPSA) is 66.3 Å². The number of piperidine rings is 1. The van der Waals surface area contributed by atoms with E-state index in [0.29, 0.717) is 11.5 Å². The summed E-state index contributed by atoms with van der Waals surface area (Å²) in [5.74, 6) is 0.625. The fourth-order valence-corrected chi connectivity index (χ4v) is 4.12. The summed E-state index contributed by atoms with van der Waals surface area (Å²) in [5, 5.41) is 9.41. The fraction of sp³-hybridized carbons (Fsp3) is 0.292. The lowest BCUT2D eigenvalue weighted by Gasteiger charge is -2.32. The van der Waals surface area contributed by atoms with Crippen LogP contribution >= 0.6 is 0 Å². The molecule has 1 saturated heterocycles.